The number of ether oxygens (including phenoxy) is 2. The molecule has 114 valence electrons. The van der Waals surface area contributed by atoms with Crippen LogP contribution in [0.5, 0.6) is 0 Å². The van der Waals surface area contributed by atoms with Crippen LogP contribution in [0, 0.1) is 6.92 Å². The lowest BCUT2D eigenvalue weighted by molar-refractivity contribution is -0.00734. The molecule has 0 aliphatic carbocycles. The fraction of sp³-hybridized carbons (Fsp3) is 0.600. The number of anilines is 1. The molecule has 1 atom stereocenters. The Labute approximate surface area is 129 Å². The second kappa shape index (κ2) is 9.34. The van der Waals surface area contributed by atoms with Crippen LogP contribution in [0.15, 0.2) is 22.7 Å². The summed E-state index contributed by atoms with van der Waals surface area (Å²) in [4.78, 5) is 0. The molecule has 0 spiro atoms. The Morgan fingerprint density at radius 2 is 2.05 bits per heavy atom. The van der Waals surface area contributed by atoms with Crippen molar-refractivity contribution in [2.24, 2.45) is 0 Å². The minimum absolute atomic E-state index is 0.212. The Morgan fingerprint density at radius 3 is 2.75 bits per heavy atom. The lowest BCUT2D eigenvalue weighted by atomic mass is 10.2. The number of aliphatic hydroxyl groups is 1. The topological polar surface area (TPSA) is 50.7 Å². The third-order valence-electron chi connectivity index (χ3n) is 2.64. The van der Waals surface area contributed by atoms with Crippen molar-refractivity contribution in [2.45, 2.75) is 33.0 Å². The summed E-state index contributed by atoms with van der Waals surface area (Å²) in [5.41, 5.74) is 2.15. The van der Waals surface area contributed by atoms with E-state index in [1.54, 1.807) is 0 Å². The first-order valence-electron chi connectivity index (χ1n) is 6.86. The van der Waals surface area contributed by atoms with Gasteiger partial charge in [-0.3, -0.25) is 0 Å². The zero-order valence-corrected chi connectivity index (χ0v) is 13.9. The van der Waals surface area contributed by atoms with E-state index in [1.165, 1.54) is 5.56 Å². The Kier molecular flexibility index (Phi) is 8.14. The van der Waals surface area contributed by atoms with E-state index in [9.17, 15) is 5.11 Å². The van der Waals surface area contributed by atoms with Crippen LogP contribution < -0.4 is 5.32 Å². The Balaban J connectivity index is 2.19. The molecule has 0 amide bonds. The van der Waals surface area contributed by atoms with E-state index in [1.807, 2.05) is 39.0 Å². The summed E-state index contributed by atoms with van der Waals surface area (Å²) in [6, 6.07) is 6.06. The van der Waals surface area contributed by atoms with Crippen LogP contribution in [0.1, 0.15) is 19.4 Å². The Morgan fingerprint density at radius 1 is 1.30 bits per heavy atom. The maximum absolute atomic E-state index is 9.84. The standard InChI is InChI=1S/C15H24BrNO3/c1-11(2)20-7-6-19-10-13(18)9-17-15-8-12(3)4-5-14(15)16/h4-5,8,11,13,17-18H,6-7,9-10H2,1-3H3. The van der Waals surface area contributed by atoms with E-state index in [-0.39, 0.29) is 6.10 Å². The fourth-order valence-corrected chi connectivity index (χ4v) is 2.01. The average Bonchev–Trinajstić information content (AvgIpc) is 2.39. The molecule has 0 saturated heterocycles. The van der Waals surface area contributed by atoms with Gasteiger partial charge in [0.25, 0.3) is 0 Å². The van der Waals surface area contributed by atoms with Gasteiger partial charge in [-0.1, -0.05) is 6.07 Å². The zero-order chi connectivity index (χ0) is 15.0. The second-order valence-corrected chi connectivity index (χ2v) is 5.87. The zero-order valence-electron chi connectivity index (χ0n) is 12.4. The van der Waals surface area contributed by atoms with Crippen LogP contribution in [0.3, 0.4) is 0 Å². The fourth-order valence-electron chi connectivity index (χ4n) is 1.62. The van der Waals surface area contributed by atoms with E-state index in [0.29, 0.717) is 26.4 Å². The summed E-state index contributed by atoms with van der Waals surface area (Å²) in [5, 5.41) is 13.0. The van der Waals surface area contributed by atoms with Crippen LogP contribution in [0.2, 0.25) is 0 Å². The van der Waals surface area contributed by atoms with Gasteiger partial charge in [0.1, 0.15) is 0 Å². The number of nitrogens with one attached hydrogen (secondary N) is 1. The summed E-state index contributed by atoms with van der Waals surface area (Å²) in [5.74, 6) is 0. The summed E-state index contributed by atoms with van der Waals surface area (Å²) < 4.78 is 11.7. The smallest absolute Gasteiger partial charge is 0.0945 e. The second-order valence-electron chi connectivity index (χ2n) is 5.01. The van der Waals surface area contributed by atoms with Crippen molar-refractivity contribution in [1.82, 2.24) is 0 Å². The molecule has 0 aromatic heterocycles. The highest BCUT2D eigenvalue weighted by molar-refractivity contribution is 9.10. The SMILES string of the molecule is Cc1ccc(Br)c(NCC(O)COCCOC(C)C)c1. The summed E-state index contributed by atoms with van der Waals surface area (Å²) in [7, 11) is 0. The number of benzene rings is 1. The van der Waals surface area contributed by atoms with Crippen LogP contribution in [-0.4, -0.2) is 43.7 Å². The van der Waals surface area contributed by atoms with Gasteiger partial charge in [-0.25, -0.2) is 0 Å². The molecule has 0 bridgehead atoms. The van der Waals surface area contributed by atoms with Gasteiger partial charge in [0.05, 0.1) is 32.0 Å². The highest BCUT2D eigenvalue weighted by Crippen LogP contribution is 2.23. The van der Waals surface area contributed by atoms with Crippen LogP contribution >= 0.6 is 15.9 Å². The van der Waals surface area contributed by atoms with Gasteiger partial charge in [-0.15, -0.1) is 0 Å². The molecule has 1 unspecified atom stereocenters. The van der Waals surface area contributed by atoms with Crippen molar-refractivity contribution in [3.63, 3.8) is 0 Å². The molecule has 0 fully saturated rings. The molecule has 1 rings (SSSR count). The number of rotatable bonds is 9. The molecule has 20 heavy (non-hydrogen) atoms. The average molecular weight is 346 g/mol. The Bertz CT molecular complexity index is 399. The summed E-state index contributed by atoms with van der Waals surface area (Å²) >= 11 is 3.48. The van der Waals surface area contributed by atoms with Crippen molar-refractivity contribution in [3.05, 3.63) is 28.2 Å². The van der Waals surface area contributed by atoms with Crippen molar-refractivity contribution in [1.29, 1.82) is 0 Å². The van der Waals surface area contributed by atoms with Gasteiger partial charge in [0, 0.05) is 16.7 Å². The lowest BCUT2D eigenvalue weighted by Gasteiger charge is -2.15. The first-order valence-corrected chi connectivity index (χ1v) is 7.65. The number of aliphatic hydroxyl groups excluding tert-OH is 1. The van der Waals surface area contributed by atoms with Crippen molar-refractivity contribution in [2.75, 3.05) is 31.7 Å². The quantitative estimate of drug-likeness (QED) is 0.675. The molecular formula is C15H24BrNO3. The van der Waals surface area contributed by atoms with Crippen LogP contribution in [-0.2, 0) is 9.47 Å². The highest BCUT2D eigenvalue weighted by atomic mass is 79.9. The highest BCUT2D eigenvalue weighted by Gasteiger charge is 2.06. The maximum atomic E-state index is 9.84. The van der Waals surface area contributed by atoms with Gasteiger partial charge in [-0.05, 0) is 54.4 Å². The molecule has 0 aliphatic rings. The molecule has 2 N–H and O–H groups in total. The van der Waals surface area contributed by atoms with Gasteiger partial charge < -0.3 is 19.9 Å². The van der Waals surface area contributed by atoms with Crippen molar-refractivity contribution < 1.29 is 14.6 Å². The molecule has 5 heteroatoms. The van der Waals surface area contributed by atoms with Gasteiger partial charge in [0.15, 0.2) is 0 Å². The molecule has 0 heterocycles. The summed E-state index contributed by atoms with van der Waals surface area (Å²) in [6.45, 7) is 7.82. The number of aryl methyl sites for hydroxylation is 1. The van der Waals surface area contributed by atoms with Gasteiger partial charge >= 0.3 is 0 Å². The third-order valence-corrected chi connectivity index (χ3v) is 3.33. The predicted octanol–water partition coefficient (Wildman–Crippen LogP) is 2.97. The Hall–Kier alpha value is -0.620. The van der Waals surface area contributed by atoms with Crippen LogP contribution in [0.4, 0.5) is 5.69 Å². The van der Waals surface area contributed by atoms with E-state index in [4.69, 9.17) is 9.47 Å². The van der Waals surface area contributed by atoms with Crippen LogP contribution in [0.25, 0.3) is 0 Å². The molecule has 0 aliphatic heterocycles. The molecule has 1 aromatic carbocycles. The first kappa shape index (κ1) is 17.4. The molecule has 1 aromatic rings. The normalized spacial score (nSPS) is 12.7. The van der Waals surface area contributed by atoms with Gasteiger partial charge in [0.2, 0.25) is 0 Å². The molecule has 4 nitrogen and oxygen atoms in total. The maximum Gasteiger partial charge on any atom is 0.0945 e. The third kappa shape index (κ3) is 7.24. The first-order chi connectivity index (χ1) is 9.49. The number of halogens is 1. The molecule has 0 saturated carbocycles. The van der Waals surface area contributed by atoms with Gasteiger partial charge in [-0.2, -0.15) is 0 Å². The minimum atomic E-state index is -0.540. The summed E-state index contributed by atoms with van der Waals surface area (Å²) in [6.07, 6.45) is -0.328. The minimum Gasteiger partial charge on any atom is -0.389 e. The van der Waals surface area contributed by atoms with Crippen molar-refractivity contribution in [3.8, 4) is 0 Å². The molecular weight excluding hydrogens is 322 g/mol. The number of hydrogen-bond acceptors (Lipinski definition) is 4. The van der Waals surface area contributed by atoms with E-state index in [2.05, 4.69) is 21.2 Å². The largest absolute Gasteiger partial charge is 0.389 e. The predicted molar refractivity (Wildman–Crippen MR) is 85.3 cm³/mol. The van der Waals surface area contributed by atoms with E-state index < -0.39 is 6.10 Å². The van der Waals surface area contributed by atoms with Crippen molar-refractivity contribution >= 4 is 21.6 Å². The van der Waals surface area contributed by atoms with E-state index >= 15 is 0 Å². The molecule has 0 radical (unpaired) electrons. The monoisotopic (exact) mass is 345 g/mol. The number of hydrogen-bond donors (Lipinski definition) is 2. The van der Waals surface area contributed by atoms with E-state index in [0.717, 1.165) is 10.2 Å². The lowest BCUT2D eigenvalue weighted by Crippen LogP contribution is -2.26.